The maximum atomic E-state index is 13.2. The molecule has 0 spiro atoms. The zero-order valence-electron chi connectivity index (χ0n) is 8.97. The highest BCUT2D eigenvalue weighted by Crippen LogP contribution is 2.28. The zero-order valence-corrected chi connectivity index (χ0v) is 8.97. The molecule has 0 aliphatic carbocycles. The summed E-state index contributed by atoms with van der Waals surface area (Å²) >= 11 is 0. The van der Waals surface area contributed by atoms with Crippen LogP contribution in [-0.2, 0) is 0 Å². The third kappa shape index (κ3) is 2.53. The molecule has 1 aliphatic rings. The van der Waals surface area contributed by atoms with Gasteiger partial charge in [0.15, 0.2) is 11.9 Å². The van der Waals surface area contributed by atoms with E-state index in [1.807, 2.05) is 0 Å². The van der Waals surface area contributed by atoms with Gasteiger partial charge < -0.3 is 10.1 Å². The fraction of sp³-hybridized carbons (Fsp3) is 0.500. The standard InChI is InChI=1S/C10H9F5N2O/c11-6-2-17-8(1-5(6)9(12)13)18-7-3-16-4-10(7,14)15/h1-2,7,9,16H,3-4H2/t7-/m0/s1. The van der Waals surface area contributed by atoms with Crippen molar-refractivity contribution in [2.75, 3.05) is 13.1 Å². The first-order chi connectivity index (χ1) is 8.40. The first kappa shape index (κ1) is 13.0. The van der Waals surface area contributed by atoms with E-state index >= 15 is 0 Å². The largest absolute Gasteiger partial charge is 0.466 e. The van der Waals surface area contributed by atoms with Crippen molar-refractivity contribution in [1.29, 1.82) is 0 Å². The van der Waals surface area contributed by atoms with E-state index in [0.717, 1.165) is 0 Å². The van der Waals surface area contributed by atoms with Crippen LogP contribution < -0.4 is 10.1 Å². The van der Waals surface area contributed by atoms with Crippen molar-refractivity contribution in [3.8, 4) is 5.88 Å². The van der Waals surface area contributed by atoms with E-state index in [4.69, 9.17) is 4.74 Å². The molecule has 0 radical (unpaired) electrons. The first-order valence-corrected chi connectivity index (χ1v) is 5.09. The zero-order chi connectivity index (χ0) is 13.3. The molecule has 1 fully saturated rings. The Morgan fingerprint density at radius 1 is 1.44 bits per heavy atom. The minimum Gasteiger partial charge on any atom is -0.466 e. The molecule has 1 atom stereocenters. The smallest absolute Gasteiger partial charge is 0.297 e. The molecule has 1 saturated heterocycles. The van der Waals surface area contributed by atoms with Gasteiger partial charge in [0.05, 0.1) is 18.3 Å². The molecule has 0 amide bonds. The number of rotatable bonds is 3. The van der Waals surface area contributed by atoms with Crippen LogP contribution in [0.5, 0.6) is 5.88 Å². The Morgan fingerprint density at radius 2 is 2.17 bits per heavy atom. The van der Waals surface area contributed by atoms with E-state index < -0.39 is 42.3 Å². The van der Waals surface area contributed by atoms with Gasteiger partial charge in [-0.15, -0.1) is 0 Å². The molecule has 0 aromatic carbocycles. The molecule has 18 heavy (non-hydrogen) atoms. The lowest BCUT2D eigenvalue weighted by Crippen LogP contribution is -2.36. The fourth-order valence-corrected chi connectivity index (χ4v) is 1.57. The Kier molecular flexibility index (Phi) is 3.38. The highest BCUT2D eigenvalue weighted by atomic mass is 19.3. The summed E-state index contributed by atoms with van der Waals surface area (Å²) in [6.45, 7) is -0.684. The van der Waals surface area contributed by atoms with Crippen molar-refractivity contribution in [2.24, 2.45) is 0 Å². The van der Waals surface area contributed by atoms with Crippen LogP contribution >= 0.6 is 0 Å². The van der Waals surface area contributed by atoms with Gasteiger partial charge >= 0.3 is 0 Å². The van der Waals surface area contributed by atoms with Gasteiger partial charge in [0.2, 0.25) is 5.88 Å². The van der Waals surface area contributed by atoms with Gasteiger partial charge in [-0.25, -0.2) is 26.9 Å². The minimum atomic E-state index is -3.11. The Balaban J connectivity index is 2.17. The van der Waals surface area contributed by atoms with Gasteiger partial charge in [0, 0.05) is 12.6 Å². The van der Waals surface area contributed by atoms with Crippen LogP contribution in [0, 0.1) is 5.82 Å². The second kappa shape index (κ2) is 4.68. The number of halogens is 5. The molecule has 2 rings (SSSR count). The Hall–Kier alpha value is -1.44. The number of hydrogen-bond donors (Lipinski definition) is 1. The third-order valence-electron chi connectivity index (χ3n) is 2.52. The van der Waals surface area contributed by atoms with E-state index in [9.17, 15) is 22.0 Å². The minimum absolute atomic E-state index is 0.129. The van der Waals surface area contributed by atoms with Gasteiger partial charge in [-0.05, 0) is 0 Å². The normalized spacial score (nSPS) is 22.4. The van der Waals surface area contributed by atoms with Crippen molar-refractivity contribution in [3.05, 3.63) is 23.6 Å². The number of pyridine rings is 1. The summed E-state index contributed by atoms with van der Waals surface area (Å²) < 4.78 is 68.9. The number of nitrogens with zero attached hydrogens (tertiary/aromatic N) is 1. The topological polar surface area (TPSA) is 34.1 Å². The van der Waals surface area contributed by atoms with Crippen LogP contribution in [-0.4, -0.2) is 30.1 Å². The number of nitrogens with one attached hydrogen (secondary N) is 1. The molecule has 100 valence electrons. The summed E-state index contributed by atoms with van der Waals surface area (Å²) in [6.07, 6.45) is -4.03. The maximum Gasteiger partial charge on any atom is 0.297 e. The number of alkyl halides is 4. The molecule has 2 heterocycles. The summed E-state index contributed by atoms with van der Waals surface area (Å²) in [4.78, 5) is 3.36. The lowest BCUT2D eigenvalue weighted by molar-refractivity contribution is -0.0613. The van der Waals surface area contributed by atoms with Gasteiger partial charge in [-0.3, -0.25) is 0 Å². The summed E-state index contributed by atoms with van der Waals surface area (Å²) in [5.74, 6) is -4.75. The summed E-state index contributed by atoms with van der Waals surface area (Å²) in [7, 11) is 0. The average Bonchev–Trinajstić information content (AvgIpc) is 2.60. The molecule has 0 saturated carbocycles. The average molecular weight is 268 g/mol. The second-order valence-corrected chi connectivity index (χ2v) is 3.84. The molecule has 0 unspecified atom stereocenters. The molecular weight excluding hydrogens is 259 g/mol. The van der Waals surface area contributed by atoms with Crippen LogP contribution in [0.25, 0.3) is 0 Å². The Morgan fingerprint density at radius 3 is 2.72 bits per heavy atom. The summed E-state index contributed by atoms with van der Waals surface area (Å²) in [6, 6.07) is 0.633. The van der Waals surface area contributed by atoms with E-state index in [2.05, 4.69) is 10.3 Å². The van der Waals surface area contributed by atoms with Crippen LogP contribution in [0.2, 0.25) is 0 Å². The summed E-state index contributed by atoms with van der Waals surface area (Å²) in [5, 5.41) is 2.41. The van der Waals surface area contributed by atoms with Gasteiger partial charge in [0.25, 0.3) is 12.3 Å². The molecule has 0 bridgehead atoms. The van der Waals surface area contributed by atoms with Gasteiger partial charge in [-0.1, -0.05) is 0 Å². The van der Waals surface area contributed by atoms with Crippen molar-refractivity contribution in [2.45, 2.75) is 18.5 Å². The van der Waals surface area contributed by atoms with Crippen molar-refractivity contribution >= 4 is 0 Å². The van der Waals surface area contributed by atoms with E-state index in [0.29, 0.717) is 12.3 Å². The molecule has 1 aromatic heterocycles. The third-order valence-corrected chi connectivity index (χ3v) is 2.52. The molecule has 8 heteroatoms. The summed E-state index contributed by atoms with van der Waals surface area (Å²) in [5.41, 5.74) is -0.922. The van der Waals surface area contributed by atoms with E-state index in [1.54, 1.807) is 0 Å². The highest BCUT2D eigenvalue weighted by Gasteiger charge is 2.46. The molecule has 1 aromatic rings. The quantitative estimate of drug-likeness (QED) is 0.853. The SMILES string of the molecule is Fc1cnc(O[C@H]2CNCC2(F)F)cc1C(F)F. The van der Waals surface area contributed by atoms with Crippen LogP contribution in [0.1, 0.15) is 12.0 Å². The fourth-order valence-electron chi connectivity index (χ4n) is 1.57. The van der Waals surface area contributed by atoms with E-state index in [-0.39, 0.29) is 6.54 Å². The molecular formula is C10H9F5N2O. The lowest BCUT2D eigenvalue weighted by Gasteiger charge is -2.19. The molecule has 1 N–H and O–H groups in total. The highest BCUT2D eigenvalue weighted by molar-refractivity contribution is 5.23. The monoisotopic (exact) mass is 268 g/mol. The number of aromatic nitrogens is 1. The van der Waals surface area contributed by atoms with Gasteiger partial charge in [-0.2, -0.15) is 0 Å². The van der Waals surface area contributed by atoms with Gasteiger partial charge in [0.1, 0.15) is 0 Å². The number of hydrogen-bond acceptors (Lipinski definition) is 3. The predicted molar refractivity (Wildman–Crippen MR) is 51.4 cm³/mol. The molecule has 1 aliphatic heterocycles. The predicted octanol–water partition coefficient (Wildman–Crippen LogP) is 2.14. The lowest BCUT2D eigenvalue weighted by atomic mass is 10.2. The van der Waals surface area contributed by atoms with Crippen LogP contribution in [0.3, 0.4) is 0 Å². The Bertz CT molecular complexity index is 440. The maximum absolute atomic E-state index is 13.2. The van der Waals surface area contributed by atoms with Crippen LogP contribution in [0.15, 0.2) is 12.3 Å². The van der Waals surface area contributed by atoms with Crippen molar-refractivity contribution < 1.29 is 26.7 Å². The number of ether oxygens (including phenoxy) is 1. The van der Waals surface area contributed by atoms with Crippen LogP contribution in [0.4, 0.5) is 22.0 Å². The first-order valence-electron chi connectivity index (χ1n) is 5.09. The van der Waals surface area contributed by atoms with Crippen molar-refractivity contribution in [1.82, 2.24) is 10.3 Å². The van der Waals surface area contributed by atoms with Crippen molar-refractivity contribution in [3.63, 3.8) is 0 Å². The second-order valence-electron chi connectivity index (χ2n) is 3.84. The van der Waals surface area contributed by atoms with E-state index in [1.165, 1.54) is 0 Å². The molecule has 3 nitrogen and oxygen atoms in total. The Labute approximate surface area is 99.0 Å².